The standard InChI is InChI=1S/C17H15ClN6OS/c18-11-1-2-13-12(5-11)10(6-20-13)3-4-19-14(25)7-26-17-15-16(22-8-21-15)23-9-24-17/h1-2,5-6,8-9,20H,3-4,7H2,(H,19,25)(H,21,22,23,24). The number of hydrogen-bond acceptors (Lipinski definition) is 5. The van der Waals surface area contributed by atoms with Crippen LogP contribution in [-0.4, -0.2) is 43.1 Å². The molecule has 4 aromatic rings. The number of thioether (sulfide) groups is 1. The number of amides is 1. The highest BCUT2D eigenvalue weighted by molar-refractivity contribution is 8.00. The van der Waals surface area contributed by atoms with Gasteiger partial charge in [0.25, 0.3) is 0 Å². The van der Waals surface area contributed by atoms with Gasteiger partial charge in [0.2, 0.25) is 5.91 Å². The summed E-state index contributed by atoms with van der Waals surface area (Å²) in [5.74, 6) is 0.240. The lowest BCUT2D eigenvalue weighted by atomic mass is 10.1. The van der Waals surface area contributed by atoms with Crippen molar-refractivity contribution in [3.63, 3.8) is 0 Å². The molecule has 1 aromatic carbocycles. The van der Waals surface area contributed by atoms with Crippen molar-refractivity contribution in [1.82, 2.24) is 30.2 Å². The normalized spacial score (nSPS) is 11.3. The van der Waals surface area contributed by atoms with E-state index < -0.39 is 0 Å². The van der Waals surface area contributed by atoms with Crippen LogP contribution in [0.2, 0.25) is 5.02 Å². The van der Waals surface area contributed by atoms with Crippen LogP contribution in [-0.2, 0) is 11.2 Å². The molecular weight excluding hydrogens is 372 g/mol. The number of aromatic amines is 2. The molecular formula is C17H15ClN6OS. The Bertz CT molecular complexity index is 1080. The van der Waals surface area contributed by atoms with Gasteiger partial charge in [0.05, 0.1) is 12.1 Å². The molecule has 132 valence electrons. The first-order valence-corrected chi connectivity index (χ1v) is 9.36. The molecule has 1 amide bonds. The van der Waals surface area contributed by atoms with E-state index in [-0.39, 0.29) is 11.7 Å². The molecule has 0 bridgehead atoms. The molecule has 3 heterocycles. The Labute approximate surface area is 158 Å². The van der Waals surface area contributed by atoms with E-state index in [1.54, 1.807) is 6.33 Å². The van der Waals surface area contributed by atoms with Crippen molar-refractivity contribution in [1.29, 1.82) is 0 Å². The van der Waals surface area contributed by atoms with Crippen molar-refractivity contribution in [2.24, 2.45) is 0 Å². The van der Waals surface area contributed by atoms with E-state index in [0.29, 0.717) is 22.2 Å². The number of rotatable bonds is 6. The molecule has 0 atom stereocenters. The van der Waals surface area contributed by atoms with Gasteiger partial charge in [-0.2, -0.15) is 0 Å². The van der Waals surface area contributed by atoms with Crippen LogP contribution in [0.1, 0.15) is 5.56 Å². The minimum absolute atomic E-state index is 0.0425. The molecule has 0 fully saturated rings. The van der Waals surface area contributed by atoms with Crippen LogP contribution < -0.4 is 5.32 Å². The molecule has 0 aliphatic rings. The van der Waals surface area contributed by atoms with Crippen LogP contribution in [0.5, 0.6) is 0 Å². The minimum atomic E-state index is -0.0425. The molecule has 7 nitrogen and oxygen atoms in total. The zero-order valence-corrected chi connectivity index (χ0v) is 15.2. The van der Waals surface area contributed by atoms with Crippen molar-refractivity contribution in [3.05, 3.63) is 47.6 Å². The lowest BCUT2D eigenvalue weighted by molar-refractivity contribution is -0.118. The van der Waals surface area contributed by atoms with Crippen molar-refractivity contribution in [2.45, 2.75) is 11.4 Å². The number of benzene rings is 1. The van der Waals surface area contributed by atoms with Crippen molar-refractivity contribution in [3.8, 4) is 0 Å². The smallest absolute Gasteiger partial charge is 0.230 e. The number of nitrogens with one attached hydrogen (secondary N) is 3. The highest BCUT2D eigenvalue weighted by atomic mass is 35.5. The van der Waals surface area contributed by atoms with Gasteiger partial charge >= 0.3 is 0 Å². The summed E-state index contributed by atoms with van der Waals surface area (Å²) in [7, 11) is 0. The second-order valence-corrected chi connectivity index (χ2v) is 7.07. The fraction of sp³-hybridized carbons (Fsp3) is 0.176. The maximum absolute atomic E-state index is 12.1. The zero-order valence-electron chi connectivity index (χ0n) is 13.6. The molecule has 3 aromatic heterocycles. The summed E-state index contributed by atoms with van der Waals surface area (Å²) >= 11 is 7.42. The highest BCUT2D eigenvalue weighted by Crippen LogP contribution is 2.23. The van der Waals surface area contributed by atoms with Crippen LogP contribution >= 0.6 is 23.4 Å². The van der Waals surface area contributed by atoms with Crippen LogP contribution in [0.15, 0.2) is 42.1 Å². The van der Waals surface area contributed by atoms with Gasteiger partial charge < -0.3 is 15.3 Å². The van der Waals surface area contributed by atoms with Crippen LogP contribution in [0, 0.1) is 0 Å². The molecule has 9 heteroatoms. The Morgan fingerprint density at radius 1 is 1.23 bits per heavy atom. The molecule has 26 heavy (non-hydrogen) atoms. The Morgan fingerprint density at radius 3 is 3.08 bits per heavy atom. The highest BCUT2D eigenvalue weighted by Gasteiger charge is 2.10. The van der Waals surface area contributed by atoms with Gasteiger partial charge in [0, 0.05) is 28.7 Å². The third-order valence-electron chi connectivity index (χ3n) is 3.97. The largest absolute Gasteiger partial charge is 0.361 e. The van der Waals surface area contributed by atoms with Gasteiger partial charge in [-0.05, 0) is 30.2 Å². The average Bonchev–Trinajstić information content (AvgIpc) is 3.27. The maximum Gasteiger partial charge on any atom is 0.230 e. The number of nitrogens with zero attached hydrogens (tertiary/aromatic N) is 3. The molecule has 0 radical (unpaired) electrons. The van der Waals surface area contributed by atoms with Gasteiger partial charge in [0.1, 0.15) is 16.9 Å². The Hall–Kier alpha value is -2.58. The van der Waals surface area contributed by atoms with E-state index in [4.69, 9.17) is 11.6 Å². The molecule has 0 unspecified atom stereocenters. The summed E-state index contributed by atoms with van der Waals surface area (Å²) in [6, 6.07) is 5.74. The van der Waals surface area contributed by atoms with Crippen LogP contribution in [0.25, 0.3) is 22.1 Å². The number of aromatic nitrogens is 5. The second-order valence-electron chi connectivity index (χ2n) is 5.67. The summed E-state index contributed by atoms with van der Waals surface area (Å²) < 4.78 is 0. The number of carbonyl (C=O) groups excluding carboxylic acids is 1. The first-order valence-electron chi connectivity index (χ1n) is 8.00. The zero-order chi connectivity index (χ0) is 17.9. The predicted octanol–water partition coefficient (Wildman–Crippen LogP) is 2.94. The lowest BCUT2D eigenvalue weighted by Gasteiger charge is -2.05. The van der Waals surface area contributed by atoms with Crippen LogP contribution in [0.3, 0.4) is 0 Å². The van der Waals surface area contributed by atoms with Crippen molar-refractivity contribution >= 4 is 51.3 Å². The number of H-pyrrole nitrogens is 2. The number of fused-ring (bicyclic) bond motifs is 2. The minimum Gasteiger partial charge on any atom is -0.361 e. The Balaban J connectivity index is 1.31. The SMILES string of the molecule is O=C(CSc1ncnc2nc[nH]c12)NCCc1c[nH]c2ccc(Cl)cc12. The summed E-state index contributed by atoms with van der Waals surface area (Å²) in [4.78, 5) is 30.7. The van der Waals surface area contributed by atoms with E-state index in [1.165, 1.54) is 18.1 Å². The third-order valence-corrected chi connectivity index (χ3v) is 5.20. The van der Waals surface area contributed by atoms with Gasteiger partial charge in [-0.1, -0.05) is 23.4 Å². The molecule has 0 spiro atoms. The number of halogens is 1. The Kier molecular flexibility index (Phi) is 4.77. The van der Waals surface area contributed by atoms with E-state index in [1.807, 2.05) is 24.4 Å². The van der Waals surface area contributed by atoms with Crippen molar-refractivity contribution < 1.29 is 4.79 Å². The molecule has 3 N–H and O–H groups in total. The van der Waals surface area contributed by atoms with Gasteiger partial charge in [-0.15, -0.1) is 0 Å². The number of hydrogen-bond donors (Lipinski definition) is 3. The van der Waals surface area contributed by atoms with Gasteiger partial charge in [0.15, 0.2) is 5.65 Å². The molecule has 0 aliphatic carbocycles. The summed E-state index contributed by atoms with van der Waals surface area (Å²) in [5.41, 5.74) is 3.52. The van der Waals surface area contributed by atoms with E-state index in [9.17, 15) is 4.79 Å². The van der Waals surface area contributed by atoms with Crippen molar-refractivity contribution in [2.75, 3.05) is 12.3 Å². The quantitative estimate of drug-likeness (QED) is 0.349. The third kappa shape index (κ3) is 3.51. The predicted molar refractivity (Wildman–Crippen MR) is 102 cm³/mol. The molecule has 0 saturated carbocycles. The van der Waals surface area contributed by atoms with E-state index >= 15 is 0 Å². The molecule has 4 rings (SSSR count). The molecule has 0 aliphatic heterocycles. The van der Waals surface area contributed by atoms with Gasteiger partial charge in [-0.3, -0.25) is 4.79 Å². The summed E-state index contributed by atoms with van der Waals surface area (Å²) in [6.07, 6.45) is 5.70. The van der Waals surface area contributed by atoms with E-state index in [0.717, 1.165) is 28.4 Å². The average molecular weight is 387 g/mol. The first-order chi connectivity index (χ1) is 12.7. The fourth-order valence-electron chi connectivity index (χ4n) is 2.73. The first kappa shape index (κ1) is 16.9. The summed E-state index contributed by atoms with van der Waals surface area (Å²) in [5, 5.41) is 5.44. The molecule has 0 saturated heterocycles. The van der Waals surface area contributed by atoms with Gasteiger partial charge in [-0.25, -0.2) is 15.0 Å². The number of imidazole rings is 1. The monoisotopic (exact) mass is 386 g/mol. The lowest BCUT2D eigenvalue weighted by Crippen LogP contribution is -2.27. The topological polar surface area (TPSA) is 99.3 Å². The number of carbonyl (C=O) groups is 1. The Morgan fingerprint density at radius 2 is 2.15 bits per heavy atom. The maximum atomic E-state index is 12.1. The van der Waals surface area contributed by atoms with Crippen LogP contribution in [0.4, 0.5) is 0 Å². The van der Waals surface area contributed by atoms with E-state index in [2.05, 4.69) is 30.2 Å². The summed E-state index contributed by atoms with van der Waals surface area (Å²) in [6.45, 7) is 0.558. The fourth-order valence-corrected chi connectivity index (χ4v) is 3.69. The second kappa shape index (κ2) is 7.35.